The number of nitrogens with zero attached hydrogens (tertiary/aromatic N) is 1. The zero-order valence-corrected chi connectivity index (χ0v) is 10.4. The van der Waals surface area contributed by atoms with Crippen LogP contribution in [0.5, 0.6) is 0 Å². The van der Waals surface area contributed by atoms with E-state index in [1.165, 1.54) is 22.3 Å². The summed E-state index contributed by atoms with van der Waals surface area (Å²) >= 11 is 0. The highest BCUT2D eigenvalue weighted by molar-refractivity contribution is 5.49. The zero-order valence-electron chi connectivity index (χ0n) is 10.4. The third kappa shape index (κ3) is 2.22. The minimum atomic E-state index is 0.733. The highest BCUT2D eigenvalue weighted by Gasteiger charge is 2.10. The van der Waals surface area contributed by atoms with E-state index in [-0.39, 0.29) is 0 Å². The predicted molar refractivity (Wildman–Crippen MR) is 71.2 cm³/mol. The molecule has 0 saturated carbocycles. The van der Waals surface area contributed by atoms with Gasteiger partial charge in [0.15, 0.2) is 0 Å². The number of anilines is 1. The Bertz CT molecular complexity index is 566. The van der Waals surface area contributed by atoms with E-state index >= 15 is 0 Å². The van der Waals surface area contributed by atoms with Crippen molar-refractivity contribution >= 4 is 5.69 Å². The first kappa shape index (κ1) is 11.2. The molecule has 3 nitrogen and oxygen atoms in total. The lowest BCUT2D eigenvalue weighted by molar-refractivity contribution is 0.134. The first-order valence-electron chi connectivity index (χ1n) is 6.16. The van der Waals surface area contributed by atoms with E-state index in [0.717, 1.165) is 25.4 Å². The third-order valence-corrected chi connectivity index (χ3v) is 3.35. The van der Waals surface area contributed by atoms with E-state index in [4.69, 9.17) is 4.74 Å². The molecule has 1 aromatic heterocycles. The van der Waals surface area contributed by atoms with Gasteiger partial charge in [0.1, 0.15) is 0 Å². The van der Waals surface area contributed by atoms with Crippen molar-refractivity contribution in [2.24, 2.45) is 0 Å². The number of hydrogen-bond donors (Lipinski definition) is 1. The Balaban J connectivity index is 1.72. The third-order valence-electron chi connectivity index (χ3n) is 3.35. The molecule has 18 heavy (non-hydrogen) atoms. The van der Waals surface area contributed by atoms with Crippen LogP contribution in [0.25, 0.3) is 0 Å². The van der Waals surface area contributed by atoms with Crippen LogP contribution in [0.4, 0.5) is 5.69 Å². The van der Waals surface area contributed by atoms with Crippen LogP contribution >= 0.6 is 0 Å². The molecule has 0 aliphatic carbocycles. The molecule has 2 aromatic rings. The fourth-order valence-electron chi connectivity index (χ4n) is 2.16. The number of rotatable bonds is 3. The van der Waals surface area contributed by atoms with Crippen LogP contribution in [-0.4, -0.2) is 4.98 Å². The van der Waals surface area contributed by atoms with Crippen LogP contribution in [0.15, 0.2) is 36.7 Å². The van der Waals surface area contributed by atoms with Gasteiger partial charge in [-0.2, -0.15) is 0 Å². The maximum atomic E-state index is 5.41. The lowest BCUT2D eigenvalue weighted by Crippen LogP contribution is -2.02. The second-order valence-electron chi connectivity index (χ2n) is 4.63. The summed E-state index contributed by atoms with van der Waals surface area (Å²) in [5.74, 6) is 0. The van der Waals surface area contributed by atoms with E-state index in [9.17, 15) is 0 Å². The Kier molecular flexibility index (Phi) is 2.99. The van der Waals surface area contributed by atoms with Crippen LogP contribution in [-0.2, 0) is 24.5 Å². The molecule has 1 N–H and O–H groups in total. The minimum Gasteiger partial charge on any atom is -0.381 e. The molecule has 1 aliphatic rings. The Morgan fingerprint density at radius 3 is 3.00 bits per heavy atom. The first-order valence-corrected chi connectivity index (χ1v) is 6.16. The quantitative estimate of drug-likeness (QED) is 0.895. The second kappa shape index (κ2) is 4.78. The van der Waals surface area contributed by atoms with Gasteiger partial charge in [0.2, 0.25) is 0 Å². The molecule has 0 atom stereocenters. The van der Waals surface area contributed by atoms with E-state index < -0.39 is 0 Å². The van der Waals surface area contributed by atoms with Crippen molar-refractivity contribution in [2.75, 3.05) is 5.32 Å². The normalized spacial score (nSPS) is 13.4. The van der Waals surface area contributed by atoms with Crippen LogP contribution in [0.1, 0.15) is 22.3 Å². The fraction of sp³-hybridized carbons (Fsp3) is 0.267. The molecule has 0 saturated heterocycles. The van der Waals surface area contributed by atoms with Crippen LogP contribution in [0.2, 0.25) is 0 Å². The van der Waals surface area contributed by atoms with Crippen molar-refractivity contribution in [3.8, 4) is 0 Å². The number of fused-ring (bicyclic) bond motifs is 1. The molecule has 3 heteroatoms. The molecule has 1 aromatic carbocycles. The summed E-state index contributed by atoms with van der Waals surface area (Å²) in [7, 11) is 0. The summed E-state index contributed by atoms with van der Waals surface area (Å²) in [5.41, 5.74) is 6.24. The van der Waals surface area contributed by atoms with Gasteiger partial charge in [0.05, 0.1) is 13.2 Å². The molecule has 0 unspecified atom stereocenters. The molecule has 0 fully saturated rings. The lowest BCUT2D eigenvalue weighted by Gasteiger charge is -2.09. The van der Waals surface area contributed by atoms with Crippen molar-refractivity contribution < 1.29 is 4.74 Å². The average molecular weight is 240 g/mol. The summed E-state index contributed by atoms with van der Waals surface area (Å²) < 4.78 is 5.41. The molecule has 3 rings (SSSR count). The number of aromatic nitrogens is 1. The van der Waals surface area contributed by atoms with Crippen LogP contribution < -0.4 is 5.32 Å². The highest BCUT2D eigenvalue weighted by atomic mass is 16.5. The van der Waals surface area contributed by atoms with Gasteiger partial charge in [-0.3, -0.25) is 4.98 Å². The van der Waals surface area contributed by atoms with Crippen molar-refractivity contribution in [1.29, 1.82) is 0 Å². The predicted octanol–water partition coefficient (Wildman–Crippen LogP) is 3.03. The fourth-order valence-corrected chi connectivity index (χ4v) is 2.16. The van der Waals surface area contributed by atoms with Gasteiger partial charge in [0.25, 0.3) is 0 Å². The second-order valence-corrected chi connectivity index (χ2v) is 4.63. The van der Waals surface area contributed by atoms with Crippen molar-refractivity contribution in [1.82, 2.24) is 4.98 Å². The van der Waals surface area contributed by atoms with Gasteiger partial charge < -0.3 is 10.1 Å². The molecule has 0 amide bonds. The monoisotopic (exact) mass is 240 g/mol. The zero-order chi connectivity index (χ0) is 12.4. The molecular weight excluding hydrogens is 224 g/mol. The van der Waals surface area contributed by atoms with Gasteiger partial charge in [-0.15, -0.1) is 0 Å². The summed E-state index contributed by atoms with van der Waals surface area (Å²) in [6.07, 6.45) is 3.74. The Labute approximate surface area is 107 Å². The maximum Gasteiger partial charge on any atom is 0.0725 e. The molecule has 1 aliphatic heterocycles. The number of nitrogens with one attached hydrogen (secondary N) is 1. The summed E-state index contributed by atoms with van der Waals surface area (Å²) in [6.45, 7) is 4.39. The average Bonchev–Trinajstić information content (AvgIpc) is 2.85. The van der Waals surface area contributed by atoms with Crippen LogP contribution in [0.3, 0.4) is 0 Å². The van der Waals surface area contributed by atoms with E-state index in [1.54, 1.807) is 0 Å². The van der Waals surface area contributed by atoms with Gasteiger partial charge in [-0.1, -0.05) is 6.07 Å². The van der Waals surface area contributed by atoms with Gasteiger partial charge >= 0.3 is 0 Å². The molecular formula is C15H16N2O. The number of aryl methyl sites for hydroxylation is 1. The standard InChI is InChI=1S/C15H16N2O/c1-11-4-5-16-7-14(11)8-17-15-3-2-12-9-18-10-13(12)6-15/h2-7,17H,8-10H2,1H3. The first-order chi connectivity index (χ1) is 8.83. The van der Waals surface area contributed by atoms with E-state index in [2.05, 4.69) is 35.4 Å². The van der Waals surface area contributed by atoms with E-state index in [0.29, 0.717) is 0 Å². The highest BCUT2D eigenvalue weighted by Crippen LogP contribution is 2.23. The summed E-state index contributed by atoms with van der Waals surface area (Å²) in [5, 5.41) is 3.44. The summed E-state index contributed by atoms with van der Waals surface area (Å²) in [6, 6.07) is 8.46. The van der Waals surface area contributed by atoms with E-state index in [1.807, 2.05) is 18.5 Å². The van der Waals surface area contributed by atoms with Crippen LogP contribution in [0, 0.1) is 6.92 Å². The number of pyridine rings is 1. The molecule has 0 bridgehead atoms. The Morgan fingerprint density at radius 2 is 2.11 bits per heavy atom. The molecule has 2 heterocycles. The molecule has 0 radical (unpaired) electrons. The number of ether oxygens (including phenoxy) is 1. The van der Waals surface area contributed by atoms with Gasteiger partial charge in [-0.05, 0) is 47.4 Å². The SMILES string of the molecule is Cc1ccncc1CNc1ccc2c(c1)COC2. The molecule has 92 valence electrons. The molecule has 0 spiro atoms. The Hall–Kier alpha value is -1.87. The van der Waals surface area contributed by atoms with Crippen molar-refractivity contribution in [3.63, 3.8) is 0 Å². The number of hydrogen-bond acceptors (Lipinski definition) is 3. The largest absolute Gasteiger partial charge is 0.381 e. The minimum absolute atomic E-state index is 0.733. The maximum absolute atomic E-state index is 5.41. The van der Waals surface area contributed by atoms with Gasteiger partial charge in [-0.25, -0.2) is 0 Å². The van der Waals surface area contributed by atoms with Crippen molar-refractivity contribution in [2.45, 2.75) is 26.7 Å². The van der Waals surface area contributed by atoms with Gasteiger partial charge in [0, 0.05) is 24.6 Å². The smallest absolute Gasteiger partial charge is 0.0725 e. The Morgan fingerprint density at radius 1 is 1.22 bits per heavy atom. The van der Waals surface area contributed by atoms with Crippen molar-refractivity contribution in [3.05, 3.63) is 58.9 Å². The number of benzene rings is 1. The topological polar surface area (TPSA) is 34.2 Å². The lowest BCUT2D eigenvalue weighted by atomic mass is 10.1. The summed E-state index contributed by atoms with van der Waals surface area (Å²) in [4.78, 5) is 4.16.